The van der Waals surface area contributed by atoms with E-state index >= 15 is 0 Å². The first-order chi connectivity index (χ1) is 10.1. The van der Waals surface area contributed by atoms with Crippen molar-refractivity contribution in [2.75, 3.05) is 18.0 Å². The zero-order chi connectivity index (χ0) is 14.8. The Labute approximate surface area is 135 Å². The third-order valence-corrected chi connectivity index (χ3v) is 4.87. The summed E-state index contributed by atoms with van der Waals surface area (Å²) in [5.41, 5.74) is 1.36. The van der Waals surface area contributed by atoms with Gasteiger partial charge in [-0.1, -0.05) is 54.0 Å². The molecule has 1 aliphatic rings. The number of benzene rings is 2. The van der Waals surface area contributed by atoms with Gasteiger partial charge in [-0.3, -0.25) is 0 Å². The van der Waals surface area contributed by atoms with E-state index in [2.05, 4.69) is 76.4 Å². The number of hydrogen-bond acceptors (Lipinski definition) is 2. The minimum absolute atomic E-state index is 0.552. The molecule has 2 nitrogen and oxygen atoms in total. The number of nitrogens with one attached hydrogen (secondary N) is 1. The lowest BCUT2D eigenvalue weighted by Gasteiger charge is -2.36. The molecule has 0 spiro atoms. The predicted octanol–water partition coefficient (Wildman–Crippen LogP) is 4.57. The van der Waals surface area contributed by atoms with Crippen LogP contribution in [0.1, 0.15) is 26.7 Å². The van der Waals surface area contributed by atoms with Crippen molar-refractivity contribution in [2.24, 2.45) is 0 Å². The van der Waals surface area contributed by atoms with E-state index in [1.54, 1.807) is 0 Å². The molecule has 0 radical (unpaired) electrons. The molecule has 0 saturated carbocycles. The van der Waals surface area contributed by atoms with E-state index in [-0.39, 0.29) is 0 Å². The average Bonchev–Trinajstić information content (AvgIpc) is 2.47. The normalized spacial score (nSPS) is 19.4. The summed E-state index contributed by atoms with van der Waals surface area (Å²) in [5.74, 6) is 0. The molecule has 2 aromatic carbocycles. The van der Waals surface area contributed by atoms with Gasteiger partial charge in [-0.15, -0.1) is 0 Å². The second-order valence-corrected chi connectivity index (χ2v) is 7.07. The van der Waals surface area contributed by atoms with E-state index in [0.29, 0.717) is 12.1 Å². The van der Waals surface area contributed by atoms with Crippen molar-refractivity contribution < 1.29 is 0 Å². The van der Waals surface area contributed by atoms with Crippen molar-refractivity contribution in [3.8, 4) is 0 Å². The van der Waals surface area contributed by atoms with Gasteiger partial charge in [-0.25, -0.2) is 0 Å². The first-order valence-corrected chi connectivity index (χ1v) is 8.62. The highest BCUT2D eigenvalue weighted by molar-refractivity contribution is 9.10. The van der Waals surface area contributed by atoms with Gasteiger partial charge >= 0.3 is 0 Å². The number of fused-ring (bicyclic) bond motifs is 1. The Bertz CT molecular complexity index is 624. The molecule has 21 heavy (non-hydrogen) atoms. The van der Waals surface area contributed by atoms with Gasteiger partial charge < -0.3 is 10.2 Å². The molecule has 0 bridgehead atoms. The largest absolute Gasteiger partial charge is 0.369 e. The van der Waals surface area contributed by atoms with Gasteiger partial charge in [-0.2, -0.15) is 0 Å². The Morgan fingerprint density at radius 2 is 1.90 bits per heavy atom. The van der Waals surface area contributed by atoms with Crippen molar-refractivity contribution in [1.29, 1.82) is 0 Å². The summed E-state index contributed by atoms with van der Waals surface area (Å²) in [4.78, 5) is 2.54. The quantitative estimate of drug-likeness (QED) is 0.875. The number of halogens is 1. The number of piperidine rings is 1. The molecule has 0 aliphatic carbocycles. The van der Waals surface area contributed by atoms with Crippen LogP contribution in [-0.4, -0.2) is 25.2 Å². The molecule has 3 rings (SSSR count). The van der Waals surface area contributed by atoms with Crippen LogP contribution in [0.2, 0.25) is 0 Å². The average molecular weight is 347 g/mol. The highest BCUT2D eigenvalue weighted by Gasteiger charge is 2.21. The second kappa shape index (κ2) is 6.37. The van der Waals surface area contributed by atoms with Crippen LogP contribution in [0.5, 0.6) is 0 Å². The summed E-state index contributed by atoms with van der Waals surface area (Å²) in [5, 5.41) is 6.33. The van der Waals surface area contributed by atoms with Crippen LogP contribution in [0.15, 0.2) is 40.9 Å². The summed E-state index contributed by atoms with van der Waals surface area (Å²) in [6.45, 7) is 6.72. The fourth-order valence-electron chi connectivity index (χ4n) is 3.33. The maximum absolute atomic E-state index is 3.69. The SMILES string of the molecule is CC(C)NC1CCCN(c2ccc(Br)c3ccccc23)C1. The monoisotopic (exact) mass is 346 g/mol. The third-order valence-electron chi connectivity index (χ3n) is 4.18. The van der Waals surface area contributed by atoms with Gasteiger partial charge in [0.1, 0.15) is 0 Å². The van der Waals surface area contributed by atoms with E-state index in [9.17, 15) is 0 Å². The molecule has 1 aliphatic heterocycles. The van der Waals surface area contributed by atoms with E-state index < -0.39 is 0 Å². The lowest BCUT2D eigenvalue weighted by molar-refractivity contribution is 0.395. The fraction of sp³-hybridized carbons (Fsp3) is 0.444. The first kappa shape index (κ1) is 14.9. The van der Waals surface area contributed by atoms with Crippen molar-refractivity contribution in [3.05, 3.63) is 40.9 Å². The molecule has 2 aromatic rings. The maximum Gasteiger partial charge on any atom is 0.0447 e. The topological polar surface area (TPSA) is 15.3 Å². The molecule has 0 amide bonds. The van der Waals surface area contributed by atoms with Crippen LogP contribution in [0, 0.1) is 0 Å². The molecule has 1 fully saturated rings. The Kier molecular flexibility index (Phi) is 4.51. The minimum Gasteiger partial charge on any atom is -0.369 e. The van der Waals surface area contributed by atoms with Crippen molar-refractivity contribution >= 4 is 32.4 Å². The summed E-state index contributed by atoms with van der Waals surface area (Å²) >= 11 is 3.67. The number of nitrogens with zero attached hydrogens (tertiary/aromatic N) is 1. The highest BCUT2D eigenvalue weighted by Crippen LogP contribution is 2.33. The van der Waals surface area contributed by atoms with E-state index in [1.807, 2.05) is 0 Å². The maximum atomic E-state index is 3.69. The van der Waals surface area contributed by atoms with Gasteiger partial charge in [-0.05, 0) is 30.4 Å². The second-order valence-electron chi connectivity index (χ2n) is 6.22. The van der Waals surface area contributed by atoms with Crippen LogP contribution in [0.4, 0.5) is 5.69 Å². The zero-order valence-electron chi connectivity index (χ0n) is 12.8. The Morgan fingerprint density at radius 1 is 1.14 bits per heavy atom. The Morgan fingerprint density at radius 3 is 2.67 bits per heavy atom. The molecular weight excluding hydrogens is 324 g/mol. The smallest absolute Gasteiger partial charge is 0.0447 e. The van der Waals surface area contributed by atoms with Gasteiger partial charge in [0, 0.05) is 40.7 Å². The number of hydrogen-bond donors (Lipinski definition) is 1. The fourth-order valence-corrected chi connectivity index (χ4v) is 3.80. The molecule has 1 saturated heterocycles. The van der Waals surface area contributed by atoms with Crippen molar-refractivity contribution in [2.45, 2.75) is 38.8 Å². The molecule has 1 unspecified atom stereocenters. The third kappa shape index (κ3) is 3.24. The van der Waals surface area contributed by atoms with Gasteiger partial charge in [0.2, 0.25) is 0 Å². The molecule has 112 valence electrons. The van der Waals surface area contributed by atoms with Crippen molar-refractivity contribution in [3.63, 3.8) is 0 Å². The molecule has 0 aromatic heterocycles. The minimum atomic E-state index is 0.552. The highest BCUT2D eigenvalue weighted by atomic mass is 79.9. The molecule has 1 N–H and O–H groups in total. The van der Waals surface area contributed by atoms with Crippen LogP contribution in [0.25, 0.3) is 10.8 Å². The van der Waals surface area contributed by atoms with E-state index in [0.717, 1.165) is 13.1 Å². The molecule has 1 heterocycles. The Balaban J connectivity index is 1.91. The van der Waals surface area contributed by atoms with Crippen LogP contribution in [-0.2, 0) is 0 Å². The van der Waals surface area contributed by atoms with Crippen molar-refractivity contribution in [1.82, 2.24) is 5.32 Å². The summed E-state index contributed by atoms with van der Waals surface area (Å²) in [6.07, 6.45) is 2.54. The first-order valence-electron chi connectivity index (χ1n) is 7.83. The zero-order valence-corrected chi connectivity index (χ0v) is 14.4. The molecule has 1 atom stereocenters. The standard InChI is InChI=1S/C18H23BrN2/c1-13(2)20-14-6-5-11-21(12-14)18-10-9-17(19)15-7-3-4-8-16(15)18/h3-4,7-10,13-14,20H,5-6,11-12H2,1-2H3. The lowest BCUT2D eigenvalue weighted by Crippen LogP contribution is -2.47. The number of anilines is 1. The van der Waals surface area contributed by atoms with Crippen LogP contribution in [0.3, 0.4) is 0 Å². The van der Waals surface area contributed by atoms with E-state index in [1.165, 1.54) is 33.8 Å². The van der Waals surface area contributed by atoms with E-state index in [4.69, 9.17) is 0 Å². The van der Waals surface area contributed by atoms with Gasteiger partial charge in [0.15, 0.2) is 0 Å². The Hall–Kier alpha value is -1.06. The molecular formula is C18H23BrN2. The predicted molar refractivity (Wildman–Crippen MR) is 95.2 cm³/mol. The van der Waals surface area contributed by atoms with Gasteiger partial charge in [0.05, 0.1) is 0 Å². The summed E-state index contributed by atoms with van der Waals surface area (Å²) < 4.78 is 1.18. The number of rotatable bonds is 3. The lowest BCUT2D eigenvalue weighted by atomic mass is 10.0. The molecule has 3 heteroatoms. The van der Waals surface area contributed by atoms with Crippen LogP contribution < -0.4 is 10.2 Å². The summed E-state index contributed by atoms with van der Waals surface area (Å²) in [7, 11) is 0. The van der Waals surface area contributed by atoms with Gasteiger partial charge in [0.25, 0.3) is 0 Å². The summed E-state index contributed by atoms with van der Waals surface area (Å²) in [6, 6.07) is 14.2. The van der Waals surface area contributed by atoms with Crippen LogP contribution >= 0.6 is 15.9 Å².